The van der Waals surface area contributed by atoms with Crippen LogP contribution >= 0.6 is 11.8 Å². The van der Waals surface area contributed by atoms with Crippen molar-refractivity contribution in [2.45, 2.75) is 18.4 Å². The molecule has 0 amide bonds. The first-order valence-corrected chi connectivity index (χ1v) is 8.86. The summed E-state index contributed by atoms with van der Waals surface area (Å²) in [6, 6.07) is 4.15. The average Bonchev–Trinajstić information content (AvgIpc) is 2.37. The minimum atomic E-state index is -3.78. The normalized spacial score (nSPS) is 11.7. The van der Waals surface area contributed by atoms with Crippen LogP contribution in [0.5, 0.6) is 0 Å². The number of hydrogen-bond donors (Lipinski definition) is 2. The third kappa shape index (κ3) is 5.10. The molecule has 1 aromatic rings. The first-order chi connectivity index (χ1) is 9.01. The third-order valence-corrected chi connectivity index (χ3v) is 4.55. The van der Waals surface area contributed by atoms with E-state index in [9.17, 15) is 12.8 Å². The van der Waals surface area contributed by atoms with Gasteiger partial charge >= 0.3 is 0 Å². The summed E-state index contributed by atoms with van der Waals surface area (Å²) in [5, 5.41) is 3.07. The molecular formula is C12H19FN2O2S2. The van der Waals surface area contributed by atoms with Crippen LogP contribution in [-0.4, -0.2) is 33.5 Å². The van der Waals surface area contributed by atoms with Gasteiger partial charge in [-0.05, 0) is 30.5 Å². The molecule has 0 fully saturated rings. The number of sulfonamides is 1. The maximum Gasteiger partial charge on any atom is 0.243 e. The van der Waals surface area contributed by atoms with E-state index in [-0.39, 0.29) is 4.90 Å². The highest BCUT2D eigenvalue weighted by Gasteiger charge is 2.18. The molecular weight excluding hydrogens is 287 g/mol. The van der Waals surface area contributed by atoms with E-state index >= 15 is 0 Å². The van der Waals surface area contributed by atoms with Crippen molar-refractivity contribution >= 4 is 21.8 Å². The van der Waals surface area contributed by atoms with Crippen molar-refractivity contribution < 1.29 is 12.8 Å². The molecule has 0 unspecified atom stereocenters. The molecule has 1 rings (SSSR count). The monoisotopic (exact) mass is 306 g/mol. The topological polar surface area (TPSA) is 58.2 Å². The SMILES string of the molecule is CCNCc1ccc(F)c(S(=O)(=O)NCCSC)c1. The van der Waals surface area contributed by atoms with Gasteiger partial charge in [0.05, 0.1) is 0 Å². The third-order valence-electron chi connectivity index (χ3n) is 2.46. The summed E-state index contributed by atoms with van der Waals surface area (Å²) in [7, 11) is -3.78. The van der Waals surface area contributed by atoms with E-state index < -0.39 is 15.8 Å². The van der Waals surface area contributed by atoms with Gasteiger partial charge in [-0.3, -0.25) is 0 Å². The van der Waals surface area contributed by atoms with Crippen LogP contribution < -0.4 is 10.0 Å². The van der Waals surface area contributed by atoms with E-state index in [2.05, 4.69) is 10.0 Å². The van der Waals surface area contributed by atoms with Crippen LogP contribution in [0, 0.1) is 5.82 Å². The lowest BCUT2D eigenvalue weighted by Gasteiger charge is -2.09. The summed E-state index contributed by atoms with van der Waals surface area (Å²) < 4.78 is 40.0. The molecule has 0 radical (unpaired) electrons. The van der Waals surface area contributed by atoms with Crippen LogP contribution in [0.1, 0.15) is 12.5 Å². The van der Waals surface area contributed by atoms with Gasteiger partial charge in [-0.1, -0.05) is 13.0 Å². The Morgan fingerprint density at radius 2 is 2.11 bits per heavy atom. The van der Waals surface area contributed by atoms with Gasteiger partial charge in [0.1, 0.15) is 10.7 Å². The summed E-state index contributed by atoms with van der Waals surface area (Å²) in [6.45, 7) is 3.53. The zero-order chi connectivity index (χ0) is 14.3. The Balaban J connectivity index is 2.91. The number of thioether (sulfide) groups is 1. The van der Waals surface area contributed by atoms with Crippen LogP contribution in [0.3, 0.4) is 0 Å². The first-order valence-electron chi connectivity index (χ1n) is 5.99. The van der Waals surface area contributed by atoms with Crippen molar-refractivity contribution in [2.24, 2.45) is 0 Å². The Labute approximate surface area is 118 Å². The summed E-state index contributed by atoms with van der Waals surface area (Å²) >= 11 is 1.53. The number of benzene rings is 1. The predicted octanol–water partition coefficient (Wildman–Crippen LogP) is 1.58. The Morgan fingerprint density at radius 3 is 2.74 bits per heavy atom. The largest absolute Gasteiger partial charge is 0.313 e. The highest BCUT2D eigenvalue weighted by molar-refractivity contribution is 7.98. The van der Waals surface area contributed by atoms with Gasteiger partial charge in [0.25, 0.3) is 0 Å². The van der Waals surface area contributed by atoms with Gasteiger partial charge < -0.3 is 5.32 Å². The lowest BCUT2D eigenvalue weighted by molar-refractivity contribution is 0.557. The molecule has 0 atom stereocenters. The zero-order valence-electron chi connectivity index (χ0n) is 11.1. The second-order valence-electron chi connectivity index (χ2n) is 3.94. The van der Waals surface area contributed by atoms with E-state index in [1.807, 2.05) is 13.2 Å². The quantitative estimate of drug-likeness (QED) is 0.716. The molecule has 0 heterocycles. The van der Waals surface area contributed by atoms with E-state index in [1.54, 1.807) is 6.07 Å². The van der Waals surface area contributed by atoms with Gasteiger partial charge in [0, 0.05) is 18.8 Å². The Kier molecular flexibility index (Phi) is 6.78. The lowest BCUT2D eigenvalue weighted by Crippen LogP contribution is -2.27. The molecule has 108 valence electrons. The smallest absolute Gasteiger partial charge is 0.243 e. The van der Waals surface area contributed by atoms with Crippen molar-refractivity contribution in [3.63, 3.8) is 0 Å². The molecule has 19 heavy (non-hydrogen) atoms. The lowest BCUT2D eigenvalue weighted by atomic mass is 10.2. The van der Waals surface area contributed by atoms with E-state index in [1.165, 1.54) is 23.9 Å². The Bertz CT molecular complexity index is 506. The predicted molar refractivity (Wildman–Crippen MR) is 77.4 cm³/mol. The summed E-state index contributed by atoms with van der Waals surface area (Å²) in [6.07, 6.45) is 1.88. The Morgan fingerprint density at radius 1 is 1.37 bits per heavy atom. The fraction of sp³-hybridized carbons (Fsp3) is 0.500. The van der Waals surface area contributed by atoms with E-state index in [4.69, 9.17) is 0 Å². The van der Waals surface area contributed by atoms with E-state index in [0.29, 0.717) is 18.8 Å². The molecule has 0 aliphatic rings. The standard InChI is InChI=1S/C12H19FN2O2S2/c1-3-14-9-10-4-5-11(13)12(8-10)19(16,17)15-6-7-18-2/h4-5,8,14-15H,3,6-7,9H2,1-2H3. The van der Waals surface area contributed by atoms with Gasteiger partial charge in [-0.25, -0.2) is 17.5 Å². The summed E-state index contributed by atoms with van der Waals surface area (Å²) in [5.74, 6) is -0.0744. The first kappa shape index (κ1) is 16.4. The fourth-order valence-electron chi connectivity index (χ4n) is 1.49. The highest BCUT2D eigenvalue weighted by atomic mass is 32.2. The number of nitrogens with one attached hydrogen (secondary N) is 2. The van der Waals surface area contributed by atoms with Crippen LogP contribution in [0.25, 0.3) is 0 Å². The average molecular weight is 306 g/mol. The van der Waals surface area contributed by atoms with Crippen molar-refractivity contribution in [1.29, 1.82) is 0 Å². The minimum Gasteiger partial charge on any atom is -0.313 e. The molecule has 2 N–H and O–H groups in total. The maximum absolute atomic E-state index is 13.7. The summed E-state index contributed by atoms with van der Waals surface area (Å²) in [5.41, 5.74) is 0.744. The van der Waals surface area contributed by atoms with Crippen LogP contribution in [0.2, 0.25) is 0 Å². The number of hydrogen-bond acceptors (Lipinski definition) is 4. The van der Waals surface area contributed by atoms with Crippen LogP contribution in [0.4, 0.5) is 4.39 Å². The molecule has 1 aromatic carbocycles. The van der Waals surface area contributed by atoms with Gasteiger partial charge in [0.15, 0.2) is 0 Å². The second-order valence-corrected chi connectivity index (χ2v) is 6.66. The van der Waals surface area contributed by atoms with Gasteiger partial charge in [-0.2, -0.15) is 11.8 Å². The molecule has 7 heteroatoms. The second kappa shape index (κ2) is 7.84. The zero-order valence-corrected chi connectivity index (χ0v) is 12.7. The minimum absolute atomic E-state index is 0.288. The van der Waals surface area contributed by atoms with Crippen molar-refractivity contribution in [2.75, 3.05) is 25.1 Å². The maximum atomic E-state index is 13.7. The van der Waals surface area contributed by atoms with Gasteiger partial charge in [-0.15, -0.1) is 0 Å². The van der Waals surface area contributed by atoms with Crippen LogP contribution in [0.15, 0.2) is 23.1 Å². The highest BCUT2D eigenvalue weighted by Crippen LogP contribution is 2.16. The molecule has 0 saturated carbocycles. The molecule has 0 aliphatic heterocycles. The van der Waals surface area contributed by atoms with Crippen molar-refractivity contribution in [3.05, 3.63) is 29.6 Å². The molecule has 0 bridgehead atoms. The van der Waals surface area contributed by atoms with Crippen molar-refractivity contribution in [1.82, 2.24) is 10.0 Å². The summed E-state index contributed by atoms with van der Waals surface area (Å²) in [4.78, 5) is -0.288. The Hall–Kier alpha value is -0.630. The van der Waals surface area contributed by atoms with Crippen molar-refractivity contribution in [3.8, 4) is 0 Å². The number of halogens is 1. The van der Waals surface area contributed by atoms with Crippen LogP contribution in [-0.2, 0) is 16.6 Å². The van der Waals surface area contributed by atoms with Gasteiger partial charge in [0.2, 0.25) is 10.0 Å². The molecule has 4 nitrogen and oxygen atoms in total. The van der Waals surface area contributed by atoms with E-state index in [0.717, 1.165) is 12.1 Å². The fourth-order valence-corrected chi connectivity index (χ4v) is 3.08. The molecule has 0 saturated heterocycles. The molecule has 0 aromatic heterocycles. The molecule has 0 aliphatic carbocycles. The number of rotatable bonds is 8. The molecule has 0 spiro atoms.